The van der Waals surface area contributed by atoms with Gasteiger partial charge in [-0.05, 0) is 38.1 Å². The lowest BCUT2D eigenvalue weighted by atomic mass is 10.0. The number of carboxylic acids is 1. The number of piperidine rings is 1. The van der Waals surface area contributed by atoms with E-state index in [1.807, 2.05) is 29.2 Å². The van der Waals surface area contributed by atoms with Crippen LogP contribution in [0.3, 0.4) is 0 Å². The van der Waals surface area contributed by atoms with Gasteiger partial charge in [0.25, 0.3) is 6.47 Å². The summed E-state index contributed by atoms with van der Waals surface area (Å²) in [6, 6.07) is 5.84. The Balaban J connectivity index is 0.000000343. The molecule has 1 aliphatic rings. The second-order valence-corrected chi connectivity index (χ2v) is 7.47. The van der Waals surface area contributed by atoms with Gasteiger partial charge in [-0.25, -0.2) is 4.39 Å². The molecule has 1 saturated heterocycles. The lowest BCUT2D eigenvalue weighted by molar-refractivity contribution is -0.140. The van der Waals surface area contributed by atoms with Crippen LogP contribution < -0.4 is 5.32 Å². The van der Waals surface area contributed by atoms with E-state index in [-0.39, 0.29) is 6.04 Å². The zero-order chi connectivity index (χ0) is 23.2. The molecule has 10 heteroatoms. The lowest BCUT2D eigenvalue weighted by Gasteiger charge is -2.32. The van der Waals surface area contributed by atoms with Crippen LogP contribution in [0.25, 0.3) is 0 Å². The number of carbonyl (C=O) groups is 4. The van der Waals surface area contributed by atoms with Gasteiger partial charge in [-0.3, -0.25) is 24.1 Å². The minimum Gasteiger partial charge on any atom is -0.481 e. The van der Waals surface area contributed by atoms with Crippen LogP contribution in [0.4, 0.5) is 4.39 Å². The highest BCUT2D eigenvalue weighted by Gasteiger charge is 2.30. The molecule has 2 rings (SSSR count). The molecule has 0 radical (unpaired) electrons. The van der Waals surface area contributed by atoms with E-state index >= 15 is 0 Å². The van der Waals surface area contributed by atoms with Gasteiger partial charge in [-0.15, -0.1) is 0 Å². The highest BCUT2D eigenvalue weighted by Crippen LogP contribution is 2.16. The second-order valence-electron chi connectivity index (χ2n) is 7.06. The Kier molecular flexibility index (Phi) is 12.4. The predicted molar refractivity (Wildman–Crippen MR) is 113 cm³/mol. The van der Waals surface area contributed by atoms with E-state index < -0.39 is 36.8 Å². The van der Waals surface area contributed by atoms with Gasteiger partial charge in [-0.1, -0.05) is 36.2 Å². The number of hydrogen-bond donors (Lipinski definition) is 2. The van der Waals surface area contributed by atoms with Crippen LogP contribution in [0.15, 0.2) is 24.3 Å². The van der Waals surface area contributed by atoms with E-state index in [9.17, 15) is 23.6 Å². The standard InChI is InChI=1S/C12H19FN2O4.C9H9ClO2/c1-15-5-3-2-4-9(15)12(19)14-8(6-11(17)18)10(16)7-13;10-9-4-2-1-3-8(9)5-6-12-7-11/h8-9H,2-7H2,1H3,(H,14,19)(H,17,18);1-4,7H,5-6H2. The number of ether oxygens (including phenoxy) is 1. The molecule has 1 aliphatic heterocycles. The molecule has 0 aliphatic carbocycles. The number of benzene rings is 1. The van der Waals surface area contributed by atoms with Gasteiger partial charge in [0, 0.05) is 11.4 Å². The fourth-order valence-electron chi connectivity index (χ4n) is 3.11. The van der Waals surface area contributed by atoms with Crippen molar-refractivity contribution in [1.82, 2.24) is 10.2 Å². The molecule has 1 heterocycles. The van der Waals surface area contributed by atoms with Crippen molar-refractivity contribution in [2.45, 2.75) is 44.2 Å². The number of aliphatic carboxylic acids is 1. The maximum absolute atomic E-state index is 12.4. The van der Waals surface area contributed by atoms with Crippen LogP contribution in [0, 0.1) is 0 Å². The lowest BCUT2D eigenvalue weighted by Crippen LogP contribution is -2.52. The van der Waals surface area contributed by atoms with Crippen molar-refractivity contribution < 1.29 is 33.4 Å². The summed E-state index contributed by atoms with van der Waals surface area (Å²) in [6.45, 7) is 0.321. The summed E-state index contributed by atoms with van der Waals surface area (Å²) in [5, 5.41) is 11.7. The molecular formula is C21H28ClFN2O6. The first kappa shape index (κ1) is 26.5. The SMILES string of the molecule is CN1CCCCC1C(=O)NC(CC(=O)O)C(=O)CF.O=COCCc1ccccc1Cl. The predicted octanol–water partition coefficient (Wildman–Crippen LogP) is 2.02. The van der Waals surface area contributed by atoms with E-state index in [2.05, 4.69) is 10.1 Å². The van der Waals surface area contributed by atoms with Crippen molar-refractivity contribution in [3.05, 3.63) is 34.9 Å². The summed E-state index contributed by atoms with van der Waals surface area (Å²) in [5.41, 5.74) is 1.00. The quantitative estimate of drug-likeness (QED) is 0.407. The number of likely N-dealkylation sites (tertiary alicyclic amines) is 1. The highest BCUT2D eigenvalue weighted by atomic mass is 35.5. The van der Waals surface area contributed by atoms with Crippen LogP contribution in [0.2, 0.25) is 5.02 Å². The molecule has 172 valence electrons. The third-order valence-electron chi connectivity index (χ3n) is 4.80. The van der Waals surface area contributed by atoms with Crippen molar-refractivity contribution in [3.63, 3.8) is 0 Å². The molecule has 1 aromatic carbocycles. The number of nitrogens with zero attached hydrogens (tertiary/aromatic N) is 1. The van der Waals surface area contributed by atoms with Gasteiger partial charge in [0.05, 0.1) is 19.1 Å². The topological polar surface area (TPSA) is 113 Å². The summed E-state index contributed by atoms with van der Waals surface area (Å²) in [5.74, 6) is -2.56. The average molecular weight is 459 g/mol. The molecular weight excluding hydrogens is 431 g/mol. The summed E-state index contributed by atoms with van der Waals surface area (Å²) >= 11 is 5.86. The Hall–Kier alpha value is -2.52. The van der Waals surface area contributed by atoms with Gasteiger partial charge in [0.2, 0.25) is 5.91 Å². The Morgan fingerprint density at radius 2 is 2.06 bits per heavy atom. The third-order valence-corrected chi connectivity index (χ3v) is 5.17. The number of carbonyl (C=O) groups excluding carboxylic acids is 3. The van der Waals surface area contributed by atoms with E-state index in [0.717, 1.165) is 24.9 Å². The number of hydrogen-bond acceptors (Lipinski definition) is 6. The smallest absolute Gasteiger partial charge is 0.305 e. The molecule has 2 atom stereocenters. The molecule has 1 aromatic rings. The van der Waals surface area contributed by atoms with Crippen molar-refractivity contribution in [2.75, 3.05) is 26.9 Å². The monoisotopic (exact) mass is 458 g/mol. The van der Waals surface area contributed by atoms with Gasteiger partial charge in [0.1, 0.15) is 12.7 Å². The van der Waals surface area contributed by atoms with Crippen LogP contribution in [0.1, 0.15) is 31.2 Å². The number of ketones is 1. The molecule has 1 amide bonds. The normalized spacial score (nSPS) is 16.9. The molecule has 0 saturated carbocycles. The first-order valence-corrected chi connectivity index (χ1v) is 10.3. The maximum atomic E-state index is 12.4. The van der Waals surface area contributed by atoms with E-state index in [1.54, 1.807) is 7.05 Å². The van der Waals surface area contributed by atoms with Crippen LogP contribution in [-0.4, -0.2) is 73.1 Å². The number of carboxylic acid groups (broad SMARTS) is 1. The van der Waals surface area contributed by atoms with E-state index in [1.165, 1.54) is 0 Å². The Morgan fingerprint density at radius 1 is 1.35 bits per heavy atom. The molecule has 0 aromatic heterocycles. The van der Waals surface area contributed by atoms with E-state index in [4.69, 9.17) is 16.7 Å². The maximum Gasteiger partial charge on any atom is 0.305 e. The van der Waals surface area contributed by atoms with Crippen LogP contribution in [0.5, 0.6) is 0 Å². The summed E-state index contributed by atoms with van der Waals surface area (Å²) in [7, 11) is 1.80. The number of alkyl halides is 1. The zero-order valence-corrected chi connectivity index (χ0v) is 18.1. The Bertz CT molecular complexity index is 748. The largest absolute Gasteiger partial charge is 0.481 e. The number of Topliss-reactive ketones (excluding diaryl/α,β-unsaturated/α-hetero) is 1. The van der Waals surface area contributed by atoms with Gasteiger partial charge in [-0.2, -0.15) is 0 Å². The molecule has 8 nitrogen and oxygen atoms in total. The minimum atomic E-state index is -1.29. The Labute approximate surface area is 185 Å². The molecule has 0 bridgehead atoms. The van der Waals surface area contributed by atoms with Crippen molar-refractivity contribution in [3.8, 4) is 0 Å². The highest BCUT2D eigenvalue weighted by molar-refractivity contribution is 6.31. The summed E-state index contributed by atoms with van der Waals surface area (Å²) in [6.07, 6.45) is 2.64. The van der Waals surface area contributed by atoms with Crippen molar-refractivity contribution in [1.29, 1.82) is 0 Å². The Morgan fingerprint density at radius 3 is 2.65 bits per heavy atom. The average Bonchev–Trinajstić information content (AvgIpc) is 2.74. The summed E-state index contributed by atoms with van der Waals surface area (Å²) < 4.78 is 16.9. The van der Waals surface area contributed by atoms with Crippen LogP contribution >= 0.6 is 11.6 Å². The second kappa shape index (κ2) is 14.5. The molecule has 0 spiro atoms. The molecule has 1 fully saturated rings. The number of rotatable bonds is 10. The number of halogens is 2. The first-order chi connectivity index (χ1) is 14.8. The fourth-order valence-corrected chi connectivity index (χ4v) is 3.34. The molecule has 2 N–H and O–H groups in total. The first-order valence-electron chi connectivity index (χ1n) is 9.89. The number of amides is 1. The van der Waals surface area contributed by atoms with Crippen LogP contribution in [-0.2, 0) is 30.3 Å². The van der Waals surface area contributed by atoms with Gasteiger partial charge < -0.3 is 15.2 Å². The van der Waals surface area contributed by atoms with Crippen molar-refractivity contribution >= 4 is 35.7 Å². The molecule has 31 heavy (non-hydrogen) atoms. The number of likely N-dealkylation sites (N-methyl/N-ethyl adjacent to an activating group) is 1. The van der Waals surface area contributed by atoms with Gasteiger partial charge >= 0.3 is 5.97 Å². The summed E-state index contributed by atoms with van der Waals surface area (Å²) in [4.78, 5) is 45.6. The third kappa shape index (κ3) is 9.89. The minimum absolute atomic E-state index is 0.377. The fraction of sp³-hybridized carbons (Fsp3) is 0.524. The zero-order valence-electron chi connectivity index (χ0n) is 17.4. The van der Waals surface area contributed by atoms with E-state index in [0.29, 0.717) is 30.9 Å². The number of nitrogens with one attached hydrogen (secondary N) is 1. The molecule has 2 unspecified atom stereocenters. The van der Waals surface area contributed by atoms with Crippen molar-refractivity contribution in [2.24, 2.45) is 0 Å². The van der Waals surface area contributed by atoms with Gasteiger partial charge in [0.15, 0.2) is 5.78 Å².